The summed E-state index contributed by atoms with van der Waals surface area (Å²) < 4.78 is 6.77. The average Bonchev–Trinajstić information content (AvgIpc) is 3.27. The van der Waals surface area contributed by atoms with Gasteiger partial charge in [-0.1, -0.05) is 91.0 Å². The molecule has 134 valence electrons. The third-order valence-corrected chi connectivity index (χ3v) is 5.56. The van der Waals surface area contributed by atoms with Crippen LogP contribution in [0.1, 0.15) is 22.3 Å². The zero-order valence-corrected chi connectivity index (χ0v) is 15.9. The number of ether oxygens (including phenoxy) is 1. The van der Waals surface area contributed by atoms with E-state index in [2.05, 4.69) is 108 Å². The lowest BCUT2D eigenvalue weighted by molar-refractivity contribution is 0.0148. The number of thiophene rings is 1. The van der Waals surface area contributed by atoms with Crippen LogP contribution in [0, 0.1) is 0 Å². The van der Waals surface area contributed by atoms with Crippen LogP contribution in [0.25, 0.3) is 0 Å². The molecular formula is C25H22OS. The molecule has 0 atom stereocenters. The molecule has 4 rings (SSSR count). The largest absolute Gasteiger partial charge is 0.360 e. The van der Waals surface area contributed by atoms with Crippen LogP contribution in [0.5, 0.6) is 0 Å². The molecule has 0 aliphatic carbocycles. The predicted octanol–water partition coefficient (Wildman–Crippen LogP) is 6.30. The lowest BCUT2D eigenvalue weighted by Crippen LogP contribution is -2.33. The van der Waals surface area contributed by atoms with Crippen molar-refractivity contribution >= 4 is 11.3 Å². The van der Waals surface area contributed by atoms with E-state index in [4.69, 9.17) is 4.74 Å². The van der Waals surface area contributed by atoms with Crippen molar-refractivity contribution in [2.75, 3.05) is 6.61 Å². The standard InChI is InChI=1S/C25H22OS/c1-4-10-22(11-5-1)25(23-12-6-2-7-13-23,24-14-8-3-9-15-24)26-18-16-21-17-19-27-20-21/h1-15,17,19-20H,16,18H2. The first-order valence-electron chi connectivity index (χ1n) is 9.21. The number of rotatable bonds is 7. The fraction of sp³-hybridized carbons (Fsp3) is 0.120. The minimum absolute atomic E-state index is 0.625. The number of benzene rings is 3. The van der Waals surface area contributed by atoms with Gasteiger partial charge in [-0.3, -0.25) is 0 Å². The van der Waals surface area contributed by atoms with E-state index in [9.17, 15) is 0 Å². The maximum atomic E-state index is 6.77. The molecule has 4 aromatic rings. The summed E-state index contributed by atoms with van der Waals surface area (Å²) in [6, 6.07) is 33.8. The van der Waals surface area contributed by atoms with Crippen molar-refractivity contribution in [2.24, 2.45) is 0 Å². The summed E-state index contributed by atoms with van der Waals surface area (Å²) in [6.45, 7) is 0.648. The van der Waals surface area contributed by atoms with Gasteiger partial charge in [-0.15, -0.1) is 0 Å². The van der Waals surface area contributed by atoms with E-state index in [1.54, 1.807) is 11.3 Å². The first-order chi connectivity index (χ1) is 13.4. The third kappa shape index (κ3) is 3.73. The molecule has 0 saturated carbocycles. The molecule has 1 aromatic heterocycles. The van der Waals surface area contributed by atoms with E-state index in [1.807, 2.05) is 0 Å². The summed E-state index contributed by atoms with van der Waals surface area (Å²) in [6.07, 6.45) is 0.901. The molecule has 0 amide bonds. The lowest BCUT2D eigenvalue weighted by atomic mass is 9.80. The highest BCUT2D eigenvalue weighted by atomic mass is 32.1. The van der Waals surface area contributed by atoms with Crippen LogP contribution >= 0.6 is 11.3 Å². The molecule has 0 fully saturated rings. The van der Waals surface area contributed by atoms with Crippen molar-refractivity contribution in [1.29, 1.82) is 0 Å². The molecule has 0 bridgehead atoms. The highest BCUT2D eigenvalue weighted by Gasteiger charge is 2.37. The second kappa shape index (κ2) is 8.34. The summed E-state index contributed by atoms with van der Waals surface area (Å²) in [5, 5.41) is 4.31. The SMILES string of the molecule is c1ccc(C(OCCc2ccsc2)(c2ccccc2)c2ccccc2)cc1. The minimum atomic E-state index is -0.625. The van der Waals surface area contributed by atoms with Crippen molar-refractivity contribution in [3.63, 3.8) is 0 Å². The van der Waals surface area contributed by atoms with Crippen LogP contribution in [0.15, 0.2) is 108 Å². The molecule has 0 spiro atoms. The molecule has 0 aliphatic heterocycles. The van der Waals surface area contributed by atoms with E-state index in [0.29, 0.717) is 6.61 Å². The Labute approximate surface area is 164 Å². The second-order valence-electron chi connectivity index (χ2n) is 6.51. The Morgan fingerprint density at radius 2 is 1.11 bits per heavy atom. The Morgan fingerprint density at radius 1 is 0.630 bits per heavy atom. The van der Waals surface area contributed by atoms with Crippen molar-refractivity contribution in [3.05, 3.63) is 130 Å². The van der Waals surface area contributed by atoms with Crippen LogP contribution in [0.3, 0.4) is 0 Å². The minimum Gasteiger partial charge on any atom is -0.360 e. The average molecular weight is 371 g/mol. The quantitative estimate of drug-likeness (QED) is 0.347. The fourth-order valence-corrected chi connectivity index (χ4v) is 4.23. The maximum absolute atomic E-state index is 6.77. The fourth-order valence-electron chi connectivity index (χ4n) is 3.53. The Balaban J connectivity index is 1.81. The molecule has 2 heteroatoms. The smallest absolute Gasteiger partial charge is 0.143 e. The van der Waals surface area contributed by atoms with Gasteiger partial charge in [0, 0.05) is 0 Å². The van der Waals surface area contributed by atoms with Crippen LogP contribution in [0.4, 0.5) is 0 Å². The van der Waals surface area contributed by atoms with Crippen molar-refractivity contribution in [2.45, 2.75) is 12.0 Å². The van der Waals surface area contributed by atoms with Gasteiger partial charge in [0.1, 0.15) is 5.60 Å². The van der Waals surface area contributed by atoms with Crippen LogP contribution in [0.2, 0.25) is 0 Å². The summed E-state index contributed by atoms with van der Waals surface area (Å²) in [7, 11) is 0. The van der Waals surface area contributed by atoms with Crippen molar-refractivity contribution in [3.8, 4) is 0 Å². The van der Waals surface area contributed by atoms with E-state index < -0.39 is 5.60 Å². The summed E-state index contributed by atoms with van der Waals surface area (Å²) >= 11 is 1.73. The Morgan fingerprint density at radius 3 is 1.52 bits per heavy atom. The Hall–Kier alpha value is -2.68. The molecule has 0 unspecified atom stereocenters. The maximum Gasteiger partial charge on any atom is 0.143 e. The summed E-state index contributed by atoms with van der Waals surface area (Å²) in [5.74, 6) is 0. The molecule has 27 heavy (non-hydrogen) atoms. The topological polar surface area (TPSA) is 9.23 Å². The molecule has 0 aliphatic rings. The number of hydrogen-bond acceptors (Lipinski definition) is 2. The Kier molecular flexibility index (Phi) is 5.47. The second-order valence-corrected chi connectivity index (χ2v) is 7.29. The highest BCUT2D eigenvalue weighted by molar-refractivity contribution is 7.07. The van der Waals surface area contributed by atoms with Crippen LogP contribution < -0.4 is 0 Å². The molecule has 1 heterocycles. The molecule has 1 nitrogen and oxygen atoms in total. The van der Waals surface area contributed by atoms with Gasteiger partial charge in [-0.25, -0.2) is 0 Å². The van der Waals surface area contributed by atoms with Crippen molar-refractivity contribution in [1.82, 2.24) is 0 Å². The van der Waals surface area contributed by atoms with E-state index in [0.717, 1.165) is 23.1 Å². The van der Waals surface area contributed by atoms with Gasteiger partial charge in [0.05, 0.1) is 6.61 Å². The molecule has 0 N–H and O–H groups in total. The van der Waals surface area contributed by atoms with Crippen LogP contribution in [-0.2, 0) is 16.8 Å². The highest BCUT2D eigenvalue weighted by Crippen LogP contribution is 2.40. The zero-order chi connectivity index (χ0) is 18.4. The first-order valence-corrected chi connectivity index (χ1v) is 10.2. The zero-order valence-electron chi connectivity index (χ0n) is 15.1. The number of hydrogen-bond donors (Lipinski definition) is 0. The van der Waals surface area contributed by atoms with E-state index >= 15 is 0 Å². The van der Waals surface area contributed by atoms with Gasteiger partial charge >= 0.3 is 0 Å². The van der Waals surface area contributed by atoms with Crippen molar-refractivity contribution < 1.29 is 4.74 Å². The molecular weight excluding hydrogens is 348 g/mol. The molecule has 3 aromatic carbocycles. The Bertz CT molecular complexity index is 835. The van der Waals surface area contributed by atoms with Gasteiger partial charge in [-0.2, -0.15) is 11.3 Å². The van der Waals surface area contributed by atoms with E-state index in [1.165, 1.54) is 5.56 Å². The van der Waals surface area contributed by atoms with Gasteiger partial charge in [0.25, 0.3) is 0 Å². The molecule has 0 saturated heterocycles. The van der Waals surface area contributed by atoms with Gasteiger partial charge < -0.3 is 4.74 Å². The van der Waals surface area contributed by atoms with E-state index in [-0.39, 0.29) is 0 Å². The van der Waals surface area contributed by atoms with Gasteiger partial charge in [-0.05, 0) is 45.5 Å². The summed E-state index contributed by atoms with van der Waals surface area (Å²) in [5.41, 5.74) is 4.14. The first kappa shape index (κ1) is 17.7. The van der Waals surface area contributed by atoms with Gasteiger partial charge in [0.2, 0.25) is 0 Å². The van der Waals surface area contributed by atoms with Gasteiger partial charge in [0.15, 0.2) is 0 Å². The third-order valence-electron chi connectivity index (χ3n) is 4.83. The molecule has 0 radical (unpaired) electrons. The predicted molar refractivity (Wildman–Crippen MR) is 113 cm³/mol. The van der Waals surface area contributed by atoms with Crippen LogP contribution in [-0.4, -0.2) is 6.61 Å². The summed E-state index contributed by atoms with van der Waals surface area (Å²) in [4.78, 5) is 0. The lowest BCUT2D eigenvalue weighted by Gasteiger charge is -2.36. The monoisotopic (exact) mass is 370 g/mol. The normalized spacial score (nSPS) is 11.4.